The number of H-pyrrole nitrogens is 1. The summed E-state index contributed by atoms with van der Waals surface area (Å²) in [5.74, 6) is -1.43. The number of ketones is 2. The molecule has 24 heavy (non-hydrogen) atoms. The molecule has 1 aliphatic rings. The third-order valence-electron chi connectivity index (χ3n) is 4.23. The summed E-state index contributed by atoms with van der Waals surface area (Å²) in [6.45, 7) is 1.12. The van der Waals surface area contributed by atoms with E-state index in [1.807, 2.05) is 0 Å². The first-order valence-corrected chi connectivity index (χ1v) is 7.19. The van der Waals surface area contributed by atoms with Gasteiger partial charge in [0.1, 0.15) is 11.5 Å². The number of Topliss-reactive ketones (excluding diaryl/α,β-unsaturated/α-hetero) is 1. The number of methoxy groups -OCH3 is 1. The Bertz CT molecular complexity index is 971. The smallest absolute Gasteiger partial charge is 0.200 e. The predicted octanol–water partition coefficient (Wildman–Crippen LogP) is 0.701. The minimum absolute atomic E-state index is 0.0416. The van der Waals surface area contributed by atoms with Crippen molar-refractivity contribution in [2.45, 2.75) is 18.9 Å². The average molecular weight is 329 g/mol. The Hall–Kier alpha value is -2.93. The van der Waals surface area contributed by atoms with Crippen molar-refractivity contribution in [1.82, 2.24) is 4.98 Å². The number of aromatic hydroxyl groups is 1. The number of benzene rings is 1. The molecule has 0 aliphatic heterocycles. The van der Waals surface area contributed by atoms with Gasteiger partial charge in [-0.2, -0.15) is 0 Å². The van der Waals surface area contributed by atoms with Gasteiger partial charge in [-0.25, -0.2) is 0 Å². The molecule has 1 aromatic carbocycles. The third kappa shape index (κ3) is 2.21. The fourth-order valence-electron chi connectivity index (χ4n) is 2.81. The number of hydrogen-bond acceptors (Lipinski definition) is 6. The van der Waals surface area contributed by atoms with E-state index in [0.717, 1.165) is 13.0 Å². The van der Waals surface area contributed by atoms with Crippen LogP contribution in [0.3, 0.4) is 0 Å². The SMILES string of the molecule is COc1cc(O)c2c(=O)c3c([nH]c2c1)CC(O)(C(C)=O)C(=O)C=C3. The summed E-state index contributed by atoms with van der Waals surface area (Å²) in [7, 11) is 1.41. The van der Waals surface area contributed by atoms with Crippen LogP contribution in [0.15, 0.2) is 23.0 Å². The quantitative estimate of drug-likeness (QED) is 0.698. The summed E-state index contributed by atoms with van der Waals surface area (Å²) in [6.07, 6.45) is 1.90. The number of fused-ring (bicyclic) bond motifs is 2. The second-order valence-electron chi connectivity index (χ2n) is 5.71. The number of pyridine rings is 1. The van der Waals surface area contributed by atoms with E-state index in [2.05, 4.69) is 4.98 Å². The molecule has 7 nitrogen and oxygen atoms in total. The maximum Gasteiger partial charge on any atom is 0.200 e. The van der Waals surface area contributed by atoms with E-state index in [9.17, 15) is 24.6 Å². The number of rotatable bonds is 2. The number of nitrogens with one attached hydrogen (secondary N) is 1. The van der Waals surface area contributed by atoms with E-state index in [4.69, 9.17) is 4.74 Å². The standard InChI is InChI=1S/C17H15NO6/c1-8(19)17(23)7-12-10(3-4-14(17)21)16(22)15-11(18-12)5-9(24-2)6-13(15)20/h3-6,20,23H,7H2,1-2H3,(H,18,22). The maximum absolute atomic E-state index is 12.7. The van der Waals surface area contributed by atoms with Gasteiger partial charge in [-0.1, -0.05) is 0 Å². The lowest BCUT2D eigenvalue weighted by Crippen LogP contribution is -2.46. The molecule has 0 amide bonds. The Balaban J connectivity index is 2.35. The molecule has 124 valence electrons. The number of hydrogen-bond donors (Lipinski definition) is 3. The minimum atomic E-state index is -2.22. The molecule has 1 aromatic heterocycles. The summed E-state index contributed by atoms with van der Waals surface area (Å²) >= 11 is 0. The fourth-order valence-corrected chi connectivity index (χ4v) is 2.81. The Morgan fingerprint density at radius 3 is 2.62 bits per heavy atom. The Morgan fingerprint density at radius 1 is 1.29 bits per heavy atom. The molecule has 1 heterocycles. The van der Waals surface area contributed by atoms with Crippen molar-refractivity contribution in [3.63, 3.8) is 0 Å². The van der Waals surface area contributed by atoms with Crippen LogP contribution in [0, 0.1) is 0 Å². The summed E-state index contributed by atoms with van der Waals surface area (Å²) in [5.41, 5.74) is -2.09. The molecule has 3 rings (SSSR count). The van der Waals surface area contributed by atoms with E-state index in [1.165, 1.54) is 25.3 Å². The monoisotopic (exact) mass is 329 g/mol. The van der Waals surface area contributed by atoms with Crippen LogP contribution in [0.1, 0.15) is 18.2 Å². The van der Waals surface area contributed by atoms with Gasteiger partial charge in [0.15, 0.2) is 17.2 Å². The number of phenols is 1. The van der Waals surface area contributed by atoms with Crippen LogP contribution in [0.25, 0.3) is 17.0 Å². The summed E-state index contributed by atoms with van der Waals surface area (Å²) in [6, 6.07) is 2.82. The van der Waals surface area contributed by atoms with E-state index in [1.54, 1.807) is 0 Å². The van der Waals surface area contributed by atoms with Gasteiger partial charge < -0.3 is 19.9 Å². The van der Waals surface area contributed by atoms with Gasteiger partial charge in [-0.15, -0.1) is 0 Å². The van der Waals surface area contributed by atoms with Crippen LogP contribution < -0.4 is 10.2 Å². The number of aromatic amines is 1. The highest BCUT2D eigenvalue weighted by atomic mass is 16.5. The van der Waals surface area contributed by atoms with E-state index < -0.39 is 22.6 Å². The van der Waals surface area contributed by atoms with Crippen LogP contribution in [-0.2, 0) is 16.0 Å². The Labute approximate surface area is 136 Å². The number of carbonyl (C=O) groups excluding carboxylic acids is 2. The van der Waals surface area contributed by atoms with Crippen molar-refractivity contribution >= 4 is 28.5 Å². The number of phenolic OH excluding ortho intramolecular Hbond substituents is 1. The van der Waals surface area contributed by atoms with Crippen LogP contribution in [0.4, 0.5) is 0 Å². The minimum Gasteiger partial charge on any atom is -0.507 e. The van der Waals surface area contributed by atoms with Gasteiger partial charge in [0.05, 0.1) is 18.0 Å². The fraction of sp³-hybridized carbons (Fsp3) is 0.235. The largest absolute Gasteiger partial charge is 0.507 e. The molecule has 1 atom stereocenters. The molecule has 0 radical (unpaired) electrons. The van der Waals surface area contributed by atoms with E-state index in [0.29, 0.717) is 5.75 Å². The molecule has 1 aliphatic carbocycles. The highest BCUT2D eigenvalue weighted by molar-refractivity contribution is 6.16. The molecule has 2 aromatic rings. The lowest BCUT2D eigenvalue weighted by molar-refractivity contribution is -0.146. The summed E-state index contributed by atoms with van der Waals surface area (Å²) in [4.78, 5) is 39.4. The second kappa shape index (κ2) is 5.31. The van der Waals surface area contributed by atoms with Crippen molar-refractivity contribution in [1.29, 1.82) is 0 Å². The summed E-state index contributed by atoms with van der Waals surface area (Å²) < 4.78 is 5.05. The zero-order valence-electron chi connectivity index (χ0n) is 13.0. The first-order chi connectivity index (χ1) is 11.3. The number of carbonyl (C=O) groups is 2. The normalized spacial score (nSPS) is 19.9. The molecular weight excluding hydrogens is 314 g/mol. The van der Waals surface area contributed by atoms with Crippen molar-refractivity contribution in [2.75, 3.05) is 7.11 Å². The molecule has 7 heteroatoms. The van der Waals surface area contributed by atoms with Crippen LogP contribution >= 0.6 is 0 Å². The van der Waals surface area contributed by atoms with Crippen molar-refractivity contribution < 1.29 is 24.5 Å². The van der Waals surface area contributed by atoms with Gasteiger partial charge in [0, 0.05) is 29.8 Å². The Kier molecular flexibility index (Phi) is 3.53. The third-order valence-corrected chi connectivity index (χ3v) is 4.23. The second-order valence-corrected chi connectivity index (χ2v) is 5.71. The molecule has 0 fully saturated rings. The molecule has 0 saturated carbocycles. The van der Waals surface area contributed by atoms with E-state index >= 15 is 0 Å². The molecule has 1 unspecified atom stereocenters. The van der Waals surface area contributed by atoms with Crippen LogP contribution in [0.2, 0.25) is 0 Å². The topological polar surface area (TPSA) is 117 Å². The molecular formula is C17H15NO6. The first kappa shape index (κ1) is 15.9. The zero-order valence-corrected chi connectivity index (χ0v) is 13.0. The first-order valence-electron chi connectivity index (χ1n) is 7.19. The van der Waals surface area contributed by atoms with Crippen molar-refractivity contribution in [3.05, 3.63) is 39.7 Å². The van der Waals surface area contributed by atoms with Gasteiger partial charge in [-0.05, 0) is 19.1 Å². The lowest BCUT2D eigenvalue weighted by atomic mass is 9.89. The maximum atomic E-state index is 12.7. The predicted molar refractivity (Wildman–Crippen MR) is 86.2 cm³/mol. The van der Waals surface area contributed by atoms with Gasteiger partial charge in [-0.3, -0.25) is 14.4 Å². The van der Waals surface area contributed by atoms with Crippen LogP contribution in [0.5, 0.6) is 11.5 Å². The molecule has 0 saturated heterocycles. The van der Waals surface area contributed by atoms with Crippen molar-refractivity contribution in [2.24, 2.45) is 0 Å². The van der Waals surface area contributed by atoms with Gasteiger partial charge in [0.2, 0.25) is 5.43 Å². The average Bonchev–Trinajstić information content (AvgIpc) is 2.65. The number of aliphatic hydroxyl groups is 1. The zero-order chi connectivity index (χ0) is 17.6. The lowest BCUT2D eigenvalue weighted by Gasteiger charge is -2.21. The molecule has 0 bridgehead atoms. The Morgan fingerprint density at radius 2 is 2.00 bits per heavy atom. The highest BCUT2D eigenvalue weighted by Crippen LogP contribution is 2.30. The highest BCUT2D eigenvalue weighted by Gasteiger charge is 2.42. The molecule has 0 spiro atoms. The van der Waals surface area contributed by atoms with Gasteiger partial charge in [0.25, 0.3) is 0 Å². The van der Waals surface area contributed by atoms with Crippen molar-refractivity contribution in [3.8, 4) is 11.5 Å². The number of aromatic nitrogens is 1. The van der Waals surface area contributed by atoms with E-state index in [-0.39, 0.29) is 34.3 Å². The summed E-state index contributed by atoms with van der Waals surface area (Å²) in [5, 5.41) is 20.5. The number of ether oxygens (including phenoxy) is 1. The van der Waals surface area contributed by atoms with Gasteiger partial charge >= 0.3 is 0 Å². The van der Waals surface area contributed by atoms with Crippen LogP contribution in [-0.4, -0.2) is 39.5 Å². The molecule has 3 N–H and O–H groups in total.